The molecule has 1 N–H and O–H groups in total. The van der Waals surface area contributed by atoms with Gasteiger partial charge in [-0.25, -0.2) is 4.39 Å². The van der Waals surface area contributed by atoms with Crippen LogP contribution in [0.25, 0.3) is 0 Å². The van der Waals surface area contributed by atoms with Crippen molar-refractivity contribution in [1.82, 2.24) is 5.32 Å². The summed E-state index contributed by atoms with van der Waals surface area (Å²) in [5, 5.41) is 3.35. The molecule has 2 aromatic carbocycles. The van der Waals surface area contributed by atoms with Crippen LogP contribution in [0.5, 0.6) is 0 Å². The number of hydrogen-bond donors (Lipinski definition) is 1. The van der Waals surface area contributed by atoms with E-state index in [0.29, 0.717) is 6.42 Å². The van der Waals surface area contributed by atoms with E-state index < -0.39 is 0 Å². The van der Waals surface area contributed by atoms with Crippen molar-refractivity contribution in [2.75, 3.05) is 44.9 Å². The van der Waals surface area contributed by atoms with E-state index in [1.54, 1.807) is 7.11 Å². The highest BCUT2D eigenvalue weighted by Crippen LogP contribution is 2.29. The Morgan fingerprint density at radius 1 is 1.07 bits per heavy atom. The van der Waals surface area contributed by atoms with Crippen LogP contribution >= 0.6 is 0 Å². The summed E-state index contributed by atoms with van der Waals surface area (Å²) < 4.78 is 31.9. The van der Waals surface area contributed by atoms with E-state index in [9.17, 15) is 8.78 Å². The van der Waals surface area contributed by atoms with Crippen molar-refractivity contribution in [2.45, 2.75) is 25.4 Å². The van der Waals surface area contributed by atoms with E-state index in [1.807, 2.05) is 12.1 Å². The number of methoxy groups -OCH3 is 1. The Kier molecular flexibility index (Phi) is 7.18. The minimum Gasteiger partial charge on any atom is -0.377 e. The summed E-state index contributed by atoms with van der Waals surface area (Å²) in [7, 11) is 1.70. The van der Waals surface area contributed by atoms with Gasteiger partial charge in [-0.2, -0.15) is 0 Å². The van der Waals surface area contributed by atoms with Gasteiger partial charge in [0, 0.05) is 45.4 Å². The van der Waals surface area contributed by atoms with Crippen LogP contribution in [-0.2, 0) is 17.6 Å². The van der Waals surface area contributed by atoms with Crippen molar-refractivity contribution in [1.29, 1.82) is 0 Å². The van der Waals surface area contributed by atoms with Gasteiger partial charge in [-0.1, -0.05) is 24.3 Å². The second kappa shape index (κ2) is 9.81. The third-order valence-electron chi connectivity index (χ3n) is 5.19. The number of rotatable bonds is 8. The van der Waals surface area contributed by atoms with Gasteiger partial charge in [0.15, 0.2) is 0 Å². The van der Waals surface area contributed by atoms with Gasteiger partial charge in [0.25, 0.3) is 0 Å². The minimum absolute atomic E-state index is 0.0644. The molecule has 1 aliphatic rings. The number of halogens is 2. The number of benzene rings is 2. The Labute approximate surface area is 160 Å². The predicted octanol–water partition coefficient (Wildman–Crippen LogP) is 4.07. The molecule has 1 unspecified atom stereocenters. The molecule has 1 saturated heterocycles. The Balaban J connectivity index is 1.74. The largest absolute Gasteiger partial charge is 0.377 e. The van der Waals surface area contributed by atoms with Gasteiger partial charge in [0.2, 0.25) is 0 Å². The quantitative estimate of drug-likeness (QED) is 0.754. The smallest absolute Gasteiger partial charge is 0.123 e. The number of nitrogens with zero attached hydrogens (tertiary/aromatic N) is 1. The van der Waals surface area contributed by atoms with Gasteiger partial charge in [-0.15, -0.1) is 0 Å². The number of aryl methyl sites for hydroxylation is 2. The maximum Gasteiger partial charge on any atom is 0.123 e. The molecular formula is C22H28F2N2O. The van der Waals surface area contributed by atoms with Crippen molar-refractivity contribution >= 4 is 5.69 Å². The summed E-state index contributed by atoms with van der Waals surface area (Å²) >= 11 is 0. The van der Waals surface area contributed by atoms with Gasteiger partial charge in [0.05, 0.1) is 12.8 Å². The average Bonchev–Trinajstić information content (AvgIpc) is 2.71. The fraction of sp³-hybridized carbons (Fsp3) is 0.455. The SMILES string of the molecule is COC(CCc1ccc(F)cc1)c1ccc(N2CCNCC2)c(CCF)c1. The molecule has 27 heavy (non-hydrogen) atoms. The van der Waals surface area contributed by atoms with Crippen molar-refractivity contribution < 1.29 is 13.5 Å². The standard InChI is InChI=1S/C22H28F2N2O/c1-27-22(9-4-17-2-6-20(24)7-3-17)19-5-8-21(18(16-19)10-11-23)26-14-12-25-13-15-26/h2-3,5-8,16,22,25H,4,9-15H2,1H3. The van der Waals surface area contributed by atoms with E-state index in [-0.39, 0.29) is 18.6 Å². The van der Waals surface area contributed by atoms with E-state index in [0.717, 1.165) is 61.4 Å². The van der Waals surface area contributed by atoms with Crippen molar-refractivity contribution in [2.24, 2.45) is 0 Å². The first-order chi connectivity index (χ1) is 13.2. The van der Waals surface area contributed by atoms with E-state index in [1.165, 1.54) is 12.1 Å². The number of piperazine rings is 1. The highest BCUT2D eigenvalue weighted by molar-refractivity contribution is 5.56. The number of anilines is 1. The summed E-state index contributed by atoms with van der Waals surface area (Å²) in [5.41, 5.74) is 4.33. The zero-order valence-corrected chi connectivity index (χ0v) is 15.9. The van der Waals surface area contributed by atoms with Gasteiger partial charge in [-0.3, -0.25) is 4.39 Å². The molecule has 1 fully saturated rings. The summed E-state index contributed by atoms with van der Waals surface area (Å²) in [5.74, 6) is -0.221. The molecule has 1 aliphatic heterocycles. The molecule has 0 spiro atoms. The maximum atomic E-state index is 13.1. The molecule has 146 valence electrons. The Morgan fingerprint density at radius 2 is 1.81 bits per heavy atom. The zero-order valence-electron chi connectivity index (χ0n) is 15.9. The Morgan fingerprint density at radius 3 is 2.48 bits per heavy atom. The van der Waals surface area contributed by atoms with Gasteiger partial charge >= 0.3 is 0 Å². The monoisotopic (exact) mass is 374 g/mol. The number of nitrogens with one attached hydrogen (secondary N) is 1. The van der Waals surface area contributed by atoms with Gasteiger partial charge in [-0.05, 0) is 47.7 Å². The normalized spacial score (nSPS) is 15.7. The molecule has 0 radical (unpaired) electrons. The van der Waals surface area contributed by atoms with Crippen molar-refractivity contribution in [3.63, 3.8) is 0 Å². The molecule has 5 heteroatoms. The van der Waals surface area contributed by atoms with Gasteiger partial charge < -0.3 is 15.0 Å². The zero-order chi connectivity index (χ0) is 19.1. The molecule has 0 amide bonds. The van der Waals surface area contributed by atoms with E-state index in [4.69, 9.17) is 4.74 Å². The summed E-state index contributed by atoms with van der Waals surface area (Å²) in [6, 6.07) is 12.9. The first kappa shape index (κ1) is 19.8. The number of ether oxygens (including phenoxy) is 1. The van der Waals surface area contributed by atoms with Crippen LogP contribution in [0, 0.1) is 5.82 Å². The lowest BCUT2D eigenvalue weighted by atomic mass is 9.97. The minimum atomic E-state index is -0.365. The molecule has 0 saturated carbocycles. The number of alkyl halides is 1. The lowest BCUT2D eigenvalue weighted by Gasteiger charge is -2.31. The molecule has 3 rings (SSSR count). The molecule has 0 aromatic heterocycles. The average molecular weight is 374 g/mol. The third-order valence-corrected chi connectivity index (χ3v) is 5.19. The second-order valence-corrected chi connectivity index (χ2v) is 6.95. The third kappa shape index (κ3) is 5.27. The lowest BCUT2D eigenvalue weighted by molar-refractivity contribution is 0.0959. The van der Waals surface area contributed by atoms with Gasteiger partial charge in [0.1, 0.15) is 5.82 Å². The van der Waals surface area contributed by atoms with Crippen LogP contribution in [0.4, 0.5) is 14.5 Å². The Bertz CT molecular complexity index is 715. The van der Waals surface area contributed by atoms with Crippen LogP contribution in [-0.4, -0.2) is 40.0 Å². The molecule has 3 nitrogen and oxygen atoms in total. The molecule has 0 aliphatic carbocycles. The molecule has 1 heterocycles. The highest BCUT2D eigenvalue weighted by Gasteiger charge is 2.17. The summed E-state index contributed by atoms with van der Waals surface area (Å²) in [4.78, 5) is 2.32. The first-order valence-electron chi connectivity index (χ1n) is 9.63. The van der Waals surface area contributed by atoms with Crippen molar-refractivity contribution in [3.8, 4) is 0 Å². The summed E-state index contributed by atoms with van der Waals surface area (Å²) in [6.45, 7) is 3.42. The van der Waals surface area contributed by atoms with Crippen molar-refractivity contribution in [3.05, 3.63) is 65.0 Å². The van der Waals surface area contributed by atoms with Crippen LogP contribution in [0.3, 0.4) is 0 Å². The predicted molar refractivity (Wildman–Crippen MR) is 106 cm³/mol. The molecule has 2 aromatic rings. The van der Waals surface area contributed by atoms with Crippen LogP contribution in [0.1, 0.15) is 29.2 Å². The second-order valence-electron chi connectivity index (χ2n) is 6.95. The molecular weight excluding hydrogens is 346 g/mol. The topological polar surface area (TPSA) is 24.5 Å². The fourth-order valence-corrected chi connectivity index (χ4v) is 3.69. The highest BCUT2D eigenvalue weighted by atomic mass is 19.1. The summed E-state index contributed by atoms with van der Waals surface area (Å²) in [6.07, 6.45) is 1.95. The van der Waals surface area contributed by atoms with Crippen LogP contribution in [0.15, 0.2) is 42.5 Å². The molecule has 1 atom stereocenters. The molecule has 0 bridgehead atoms. The van der Waals surface area contributed by atoms with E-state index in [2.05, 4.69) is 28.4 Å². The number of hydrogen-bond acceptors (Lipinski definition) is 3. The maximum absolute atomic E-state index is 13.1. The fourth-order valence-electron chi connectivity index (χ4n) is 3.69. The van der Waals surface area contributed by atoms with E-state index >= 15 is 0 Å². The van der Waals surface area contributed by atoms with Crippen LogP contribution in [0.2, 0.25) is 0 Å². The van der Waals surface area contributed by atoms with Crippen LogP contribution < -0.4 is 10.2 Å². The Hall–Kier alpha value is -1.98. The lowest BCUT2D eigenvalue weighted by Crippen LogP contribution is -2.43. The first-order valence-corrected chi connectivity index (χ1v) is 9.63.